The summed E-state index contributed by atoms with van der Waals surface area (Å²) >= 11 is 0. The third kappa shape index (κ3) is 5.19. The highest BCUT2D eigenvalue weighted by atomic mass is 16.5. The normalized spacial score (nSPS) is 11.9. The van der Waals surface area contributed by atoms with E-state index >= 15 is 0 Å². The van der Waals surface area contributed by atoms with Gasteiger partial charge in [0, 0.05) is 12.6 Å². The van der Waals surface area contributed by atoms with Crippen molar-refractivity contribution in [2.24, 2.45) is 0 Å². The Morgan fingerprint density at radius 3 is 2.56 bits per heavy atom. The molecule has 18 heavy (non-hydrogen) atoms. The van der Waals surface area contributed by atoms with Crippen LogP contribution in [0.15, 0.2) is 24.3 Å². The molecule has 0 aliphatic carbocycles. The summed E-state index contributed by atoms with van der Waals surface area (Å²) in [6, 6.07) is 8.03. The second kappa shape index (κ2) is 7.71. The summed E-state index contributed by atoms with van der Waals surface area (Å²) in [5.41, 5.74) is 1.13. The highest BCUT2D eigenvalue weighted by molar-refractivity contribution is 5.78. The van der Waals surface area contributed by atoms with Gasteiger partial charge in [-0.2, -0.15) is 0 Å². The molecule has 1 rings (SSSR count). The van der Waals surface area contributed by atoms with Crippen LogP contribution in [0.4, 0.5) is 0 Å². The van der Waals surface area contributed by atoms with Crippen molar-refractivity contribution in [2.45, 2.75) is 32.9 Å². The van der Waals surface area contributed by atoms with Crippen molar-refractivity contribution < 1.29 is 9.53 Å². The molecular formula is C14H22N2O2. The Balaban J connectivity index is 2.26. The van der Waals surface area contributed by atoms with Crippen LogP contribution >= 0.6 is 0 Å². The van der Waals surface area contributed by atoms with Gasteiger partial charge >= 0.3 is 0 Å². The summed E-state index contributed by atoms with van der Waals surface area (Å²) in [5.74, 6) is 0.881. The number of carbonyl (C=O) groups excluding carboxylic acids is 1. The molecule has 2 N–H and O–H groups in total. The summed E-state index contributed by atoms with van der Waals surface area (Å²) in [5, 5.41) is 6.03. The van der Waals surface area contributed by atoms with Gasteiger partial charge in [0.1, 0.15) is 5.75 Å². The van der Waals surface area contributed by atoms with Crippen LogP contribution in [0.25, 0.3) is 0 Å². The zero-order valence-corrected chi connectivity index (χ0v) is 11.3. The van der Waals surface area contributed by atoms with Crippen molar-refractivity contribution in [3.8, 4) is 5.75 Å². The predicted octanol–water partition coefficient (Wildman–Crippen LogP) is 1.70. The number of nitrogens with one attached hydrogen (secondary N) is 2. The average molecular weight is 250 g/mol. The molecule has 0 spiro atoms. The number of hydrogen-bond donors (Lipinski definition) is 2. The zero-order valence-electron chi connectivity index (χ0n) is 11.3. The summed E-state index contributed by atoms with van der Waals surface area (Å²) in [6.07, 6.45) is 0.949. The Labute approximate surface area is 109 Å². The lowest BCUT2D eigenvalue weighted by Gasteiger charge is -2.11. The zero-order chi connectivity index (χ0) is 13.4. The molecular weight excluding hydrogens is 228 g/mol. The first kappa shape index (κ1) is 14.5. The van der Waals surface area contributed by atoms with Crippen molar-refractivity contribution in [3.05, 3.63) is 29.8 Å². The van der Waals surface area contributed by atoms with E-state index in [1.807, 2.05) is 31.2 Å². The predicted molar refractivity (Wildman–Crippen MR) is 72.6 cm³/mol. The van der Waals surface area contributed by atoms with Crippen molar-refractivity contribution >= 4 is 5.91 Å². The standard InChI is InChI=1S/C14H22N2O2/c1-4-11(2)16-14(17)10-15-9-12-5-7-13(18-3)8-6-12/h5-8,11,15H,4,9-10H2,1-3H3,(H,16,17). The van der Waals surface area contributed by atoms with E-state index in [2.05, 4.69) is 17.6 Å². The molecule has 1 unspecified atom stereocenters. The van der Waals surface area contributed by atoms with Gasteiger partial charge in [0.15, 0.2) is 0 Å². The molecule has 0 saturated heterocycles. The highest BCUT2D eigenvalue weighted by Gasteiger charge is 2.04. The van der Waals surface area contributed by atoms with Crippen LogP contribution in [0.1, 0.15) is 25.8 Å². The van der Waals surface area contributed by atoms with Gasteiger partial charge in [0.05, 0.1) is 13.7 Å². The maximum Gasteiger partial charge on any atom is 0.234 e. The van der Waals surface area contributed by atoms with E-state index in [4.69, 9.17) is 4.74 Å². The first-order valence-corrected chi connectivity index (χ1v) is 6.28. The van der Waals surface area contributed by atoms with Crippen LogP contribution in [0.3, 0.4) is 0 Å². The summed E-state index contributed by atoms with van der Waals surface area (Å²) < 4.78 is 5.08. The fraction of sp³-hybridized carbons (Fsp3) is 0.500. The Morgan fingerprint density at radius 1 is 1.33 bits per heavy atom. The monoisotopic (exact) mass is 250 g/mol. The van der Waals surface area contributed by atoms with E-state index in [9.17, 15) is 4.79 Å². The van der Waals surface area contributed by atoms with Crippen LogP contribution in [0.2, 0.25) is 0 Å². The largest absolute Gasteiger partial charge is 0.497 e. The molecule has 0 saturated carbocycles. The Bertz CT molecular complexity index is 363. The molecule has 4 nitrogen and oxygen atoms in total. The number of rotatable bonds is 7. The molecule has 0 radical (unpaired) electrons. The number of amides is 1. The van der Waals surface area contributed by atoms with Crippen molar-refractivity contribution in [3.63, 3.8) is 0 Å². The van der Waals surface area contributed by atoms with Gasteiger partial charge in [-0.15, -0.1) is 0 Å². The number of ether oxygens (including phenoxy) is 1. The lowest BCUT2D eigenvalue weighted by Crippen LogP contribution is -2.38. The van der Waals surface area contributed by atoms with E-state index in [0.29, 0.717) is 13.1 Å². The molecule has 1 atom stereocenters. The van der Waals surface area contributed by atoms with Crippen molar-refractivity contribution in [1.82, 2.24) is 10.6 Å². The molecule has 100 valence electrons. The van der Waals surface area contributed by atoms with E-state index < -0.39 is 0 Å². The molecule has 0 fully saturated rings. The first-order valence-electron chi connectivity index (χ1n) is 6.28. The minimum Gasteiger partial charge on any atom is -0.497 e. The quantitative estimate of drug-likeness (QED) is 0.774. The first-order chi connectivity index (χ1) is 8.65. The number of methoxy groups -OCH3 is 1. The lowest BCUT2D eigenvalue weighted by atomic mass is 10.2. The van der Waals surface area contributed by atoms with Crippen molar-refractivity contribution in [2.75, 3.05) is 13.7 Å². The van der Waals surface area contributed by atoms with Crippen molar-refractivity contribution in [1.29, 1.82) is 0 Å². The molecule has 0 aliphatic rings. The number of carbonyl (C=O) groups is 1. The van der Waals surface area contributed by atoms with Gasteiger partial charge in [-0.25, -0.2) is 0 Å². The van der Waals surface area contributed by atoms with Crippen LogP contribution in [0.5, 0.6) is 5.75 Å². The molecule has 1 aromatic carbocycles. The summed E-state index contributed by atoms with van der Waals surface area (Å²) in [4.78, 5) is 11.5. The van der Waals surface area contributed by atoms with E-state index in [-0.39, 0.29) is 11.9 Å². The van der Waals surface area contributed by atoms with Gasteiger partial charge in [-0.05, 0) is 31.0 Å². The van der Waals surface area contributed by atoms with Crippen LogP contribution in [0, 0.1) is 0 Å². The Hall–Kier alpha value is -1.55. The third-order valence-electron chi connectivity index (χ3n) is 2.79. The highest BCUT2D eigenvalue weighted by Crippen LogP contribution is 2.10. The molecule has 0 bridgehead atoms. The molecule has 1 amide bonds. The second-order valence-electron chi connectivity index (χ2n) is 4.33. The van der Waals surface area contributed by atoms with Gasteiger partial charge in [0.2, 0.25) is 5.91 Å². The summed E-state index contributed by atoms with van der Waals surface area (Å²) in [6.45, 7) is 5.07. The van der Waals surface area contributed by atoms with E-state index in [0.717, 1.165) is 17.7 Å². The number of benzene rings is 1. The fourth-order valence-corrected chi connectivity index (χ4v) is 1.49. The maximum absolute atomic E-state index is 11.5. The van der Waals surface area contributed by atoms with Gasteiger partial charge in [-0.3, -0.25) is 4.79 Å². The van der Waals surface area contributed by atoms with Gasteiger partial charge in [-0.1, -0.05) is 19.1 Å². The number of hydrogen-bond acceptors (Lipinski definition) is 3. The van der Waals surface area contributed by atoms with Crippen LogP contribution in [-0.2, 0) is 11.3 Å². The lowest BCUT2D eigenvalue weighted by molar-refractivity contribution is -0.120. The maximum atomic E-state index is 11.5. The topological polar surface area (TPSA) is 50.4 Å². The molecule has 4 heteroatoms. The van der Waals surface area contributed by atoms with E-state index in [1.165, 1.54) is 0 Å². The minimum atomic E-state index is 0.0397. The molecule has 0 aromatic heterocycles. The second-order valence-corrected chi connectivity index (χ2v) is 4.33. The van der Waals surface area contributed by atoms with E-state index in [1.54, 1.807) is 7.11 Å². The summed E-state index contributed by atoms with van der Waals surface area (Å²) in [7, 11) is 1.65. The smallest absolute Gasteiger partial charge is 0.234 e. The van der Waals surface area contributed by atoms with Crippen LogP contribution in [-0.4, -0.2) is 25.6 Å². The Kier molecular flexibility index (Phi) is 6.22. The minimum absolute atomic E-state index is 0.0397. The molecule has 0 aliphatic heterocycles. The third-order valence-corrected chi connectivity index (χ3v) is 2.79. The molecule has 1 aromatic rings. The van der Waals surface area contributed by atoms with Crippen LogP contribution < -0.4 is 15.4 Å². The fourth-order valence-electron chi connectivity index (χ4n) is 1.49. The SMILES string of the molecule is CCC(C)NC(=O)CNCc1ccc(OC)cc1. The molecule has 0 heterocycles. The van der Waals surface area contributed by atoms with Gasteiger partial charge in [0.25, 0.3) is 0 Å². The Morgan fingerprint density at radius 2 is 2.00 bits per heavy atom. The van der Waals surface area contributed by atoms with Gasteiger partial charge < -0.3 is 15.4 Å². The average Bonchev–Trinajstić information content (AvgIpc) is 2.39.